The average molecular weight is 486 g/mol. The van der Waals surface area contributed by atoms with E-state index in [1.165, 1.54) is 11.1 Å². The third-order valence-electron chi connectivity index (χ3n) is 8.06. The zero-order chi connectivity index (χ0) is 24.9. The second-order valence-electron chi connectivity index (χ2n) is 10.4. The number of aromatic nitrogens is 2. The molecular formula is C28H31N5O3. The lowest BCUT2D eigenvalue weighted by Gasteiger charge is -2.28. The highest BCUT2D eigenvalue weighted by atomic mass is 16.4. The molecule has 1 fully saturated rings. The Morgan fingerprint density at radius 2 is 1.97 bits per heavy atom. The molecule has 6 rings (SSSR count). The second kappa shape index (κ2) is 8.87. The number of nitrogens with zero attached hydrogens (tertiary/aromatic N) is 4. The first-order valence-electron chi connectivity index (χ1n) is 12.6. The van der Waals surface area contributed by atoms with Gasteiger partial charge in [0.25, 0.3) is 0 Å². The molecule has 0 saturated carbocycles. The number of hydrogen-bond donors (Lipinski definition) is 3. The van der Waals surface area contributed by atoms with E-state index in [4.69, 9.17) is 4.98 Å². The Kier molecular flexibility index (Phi) is 5.65. The van der Waals surface area contributed by atoms with Gasteiger partial charge >= 0.3 is 6.09 Å². The molecule has 36 heavy (non-hydrogen) atoms. The molecule has 1 spiro atoms. The van der Waals surface area contributed by atoms with E-state index in [0.717, 1.165) is 60.9 Å². The van der Waals surface area contributed by atoms with Crippen molar-refractivity contribution in [2.24, 2.45) is 0 Å². The van der Waals surface area contributed by atoms with Crippen LogP contribution in [0.15, 0.2) is 54.9 Å². The van der Waals surface area contributed by atoms with E-state index < -0.39 is 12.2 Å². The van der Waals surface area contributed by atoms with Crippen LogP contribution in [0.4, 0.5) is 16.3 Å². The number of fused-ring (bicyclic) bond motifs is 3. The zero-order valence-corrected chi connectivity index (χ0v) is 20.4. The van der Waals surface area contributed by atoms with Crippen molar-refractivity contribution in [2.45, 2.75) is 50.3 Å². The van der Waals surface area contributed by atoms with Gasteiger partial charge in [-0.15, -0.1) is 0 Å². The van der Waals surface area contributed by atoms with Crippen LogP contribution in [-0.4, -0.2) is 50.8 Å². The summed E-state index contributed by atoms with van der Waals surface area (Å²) in [4.78, 5) is 25.3. The summed E-state index contributed by atoms with van der Waals surface area (Å²) in [6, 6.07) is 16.7. The second-order valence-corrected chi connectivity index (χ2v) is 10.4. The van der Waals surface area contributed by atoms with Gasteiger partial charge in [-0.2, -0.15) is 0 Å². The third-order valence-corrected chi connectivity index (χ3v) is 8.06. The van der Waals surface area contributed by atoms with Gasteiger partial charge in [0.15, 0.2) is 0 Å². The summed E-state index contributed by atoms with van der Waals surface area (Å²) in [7, 11) is 0. The zero-order valence-electron chi connectivity index (χ0n) is 20.4. The Morgan fingerprint density at radius 1 is 1.14 bits per heavy atom. The van der Waals surface area contributed by atoms with Gasteiger partial charge in [-0.25, -0.2) is 14.8 Å². The molecule has 8 nitrogen and oxygen atoms in total. The van der Waals surface area contributed by atoms with Crippen molar-refractivity contribution in [2.75, 3.05) is 24.5 Å². The third kappa shape index (κ3) is 3.81. The van der Waals surface area contributed by atoms with Gasteiger partial charge in [-0.3, -0.25) is 4.90 Å². The molecule has 0 radical (unpaired) electrons. The quantitative estimate of drug-likeness (QED) is 0.501. The number of likely N-dealkylation sites (tertiary alicyclic amines) is 1. The molecule has 3 atom stereocenters. The first-order chi connectivity index (χ1) is 17.4. The lowest BCUT2D eigenvalue weighted by atomic mass is 9.79. The molecule has 2 aromatic carbocycles. The summed E-state index contributed by atoms with van der Waals surface area (Å²) in [5.74, 6) is 1.04. The van der Waals surface area contributed by atoms with Gasteiger partial charge in [-0.1, -0.05) is 49.4 Å². The molecule has 186 valence electrons. The minimum atomic E-state index is -1.02. The van der Waals surface area contributed by atoms with Crippen molar-refractivity contribution >= 4 is 17.6 Å². The number of rotatable bonds is 5. The standard InChI is InChI=1S/C28H31N5O3/c1-18-12-22(34)25-23(18)26(31-17-30-25)33-16-28(10-11-32(15-28)14-19-6-3-2-4-7-19)24-20(13-29-27(35)36)8-5-9-21(24)33/h2-9,17-18,22,29,34H,10-16H2,1H3,(H,35,36)/t18-,22-,28+/m1/s1. The molecule has 1 aliphatic carbocycles. The van der Waals surface area contributed by atoms with Crippen LogP contribution in [0.25, 0.3) is 0 Å². The largest absolute Gasteiger partial charge is 0.465 e. The topological polar surface area (TPSA) is 102 Å². The maximum Gasteiger partial charge on any atom is 0.404 e. The Bertz CT molecular complexity index is 1300. The van der Waals surface area contributed by atoms with Crippen molar-refractivity contribution in [3.05, 3.63) is 82.8 Å². The SMILES string of the molecule is C[C@@H]1C[C@@H](O)c2ncnc(N3C[C@@]4(CCN(Cc5ccccc5)C4)c4c(CNC(=O)O)cccc43)c21. The fourth-order valence-electron chi connectivity index (χ4n) is 6.58. The lowest BCUT2D eigenvalue weighted by Crippen LogP contribution is -2.36. The van der Waals surface area contributed by atoms with Crippen LogP contribution in [0.2, 0.25) is 0 Å². The van der Waals surface area contributed by atoms with Crippen molar-refractivity contribution in [3.63, 3.8) is 0 Å². The van der Waals surface area contributed by atoms with E-state index in [2.05, 4.69) is 57.4 Å². The summed E-state index contributed by atoms with van der Waals surface area (Å²) < 4.78 is 0. The van der Waals surface area contributed by atoms with Gasteiger partial charge in [0, 0.05) is 42.8 Å². The Balaban J connectivity index is 1.41. The van der Waals surface area contributed by atoms with Crippen LogP contribution >= 0.6 is 0 Å². The Hall–Kier alpha value is -3.49. The van der Waals surface area contributed by atoms with E-state index in [9.17, 15) is 15.0 Å². The number of amides is 1. The molecular weight excluding hydrogens is 454 g/mol. The van der Waals surface area contributed by atoms with E-state index >= 15 is 0 Å². The van der Waals surface area contributed by atoms with Crippen LogP contribution in [0, 0.1) is 0 Å². The minimum absolute atomic E-state index is 0.140. The van der Waals surface area contributed by atoms with Crippen molar-refractivity contribution < 1.29 is 15.0 Å². The number of aliphatic hydroxyl groups excluding tert-OH is 1. The molecule has 3 N–H and O–H groups in total. The van der Waals surface area contributed by atoms with Crippen molar-refractivity contribution in [3.8, 4) is 0 Å². The van der Waals surface area contributed by atoms with Crippen LogP contribution in [0.5, 0.6) is 0 Å². The van der Waals surface area contributed by atoms with Crippen molar-refractivity contribution in [1.82, 2.24) is 20.2 Å². The first kappa shape index (κ1) is 22.9. The number of nitrogens with one attached hydrogen (secondary N) is 1. The van der Waals surface area contributed by atoms with Crippen LogP contribution in [0.1, 0.15) is 59.7 Å². The molecule has 1 aromatic heterocycles. The fourth-order valence-corrected chi connectivity index (χ4v) is 6.58. The fraction of sp³-hybridized carbons (Fsp3) is 0.393. The number of carbonyl (C=O) groups is 1. The van der Waals surface area contributed by atoms with Crippen LogP contribution in [0.3, 0.4) is 0 Å². The van der Waals surface area contributed by atoms with Crippen molar-refractivity contribution in [1.29, 1.82) is 0 Å². The minimum Gasteiger partial charge on any atom is -0.465 e. The highest BCUT2D eigenvalue weighted by Crippen LogP contribution is 2.53. The highest BCUT2D eigenvalue weighted by Gasteiger charge is 2.50. The molecule has 8 heteroatoms. The molecule has 1 saturated heterocycles. The van der Waals surface area contributed by atoms with E-state index in [1.807, 2.05) is 18.2 Å². The molecule has 2 aliphatic heterocycles. The number of carboxylic acid groups (broad SMARTS) is 1. The summed E-state index contributed by atoms with van der Waals surface area (Å²) in [6.07, 6.45) is 1.61. The number of aliphatic hydroxyl groups is 1. The molecule has 0 unspecified atom stereocenters. The molecule has 1 amide bonds. The Labute approximate surface area is 210 Å². The monoisotopic (exact) mass is 485 g/mol. The van der Waals surface area contributed by atoms with Gasteiger partial charge in [0.2, 0.25) is 0 Å². The maximum atomic E-state index is 11.4. The van der Waals surface area contributed by atoms with Gasteiger partial charge in [0.1, 0.15) is 12.1 Å². The van der Waals surface area contributed by atoms with Crippen LogP contribution in [-0.2, 0) is 18.5 Å². The molecule has 3 heterocycles. The number of hydrogen-bond acceptors (Lipinski definition) is 6. The summed E-state index contributed by atoms with van der Waals surface area (Å²) in [6.45, 7) is 5.91. The highest BCUT2D eigenvalue weighted by molar-refractivity contribution is 5.76. The van der Waals surface area contributed by atoms with Gasteiger partial charge in [-0.05, 0) is 48.1 Å². The predicted molar refractivity (Wildman–Crippen MR) is 136 cm³/mol. The Morgan fingerprint density at radius 3 is 2.78 bits per heavy atom. The summed E-state index contributed by atoms with van der Waals surface area (Å²) in [5.41, 5.74) is 6.22. The maximum absolute atomic E-state index is 11.4. The van der Waals surface area contributed by atoms with Gasteiger partial charge in [0.05, 0.1) is 11.8 Å². The average Bonchev–Trinajstić information content (AvgIpc) is 3.52. The van der Waals surface area contributed by atoms with Gasteiger partial charge < -0.3 is 20.4 Å². The summed E-state index contributed by atoms with van der Waals surface area (Å²) in [5, 5.41) is 22.5. The lowest BCUT2D eigenvalue weighted by molar-refractivity contribution is 0.170. The van der Waals surface area contributed by atoms with E-state index in [1.54, 1.807) is 6.33 Å². The predicted octanol–water partition coefficient (Wildman–Crippen LogP) is 4.08. The first-order valence-corrected chi connectivity index (χ1v) is 12.6. The molecule has 0 bridgehead atoms. The van der Waals surface area contributed by atoms with E-state index in [0.29, 0.717) is 6.42 Å². The van der Waals surface area contributed by atoms with Crippen LogP contribution < -0.4 is 10.2 Å². The summed E-state index contributed by atoms with van der Waals surface area (Å²) >= 11 is 0. The number of anilines is 2. The number of benzene rings is 2. The molecule has 3 aromatic rings. The normalized spacial score (nSPS) is 24.8. The smallest absolute Gasteiger partial charge is 0.404 e. The van der Waals surface area contributed by atoms with E-state index in [-0.39, 0.29) is 17.9 Å². The molecule has 3 aliphatic rings.